The normalized spacial score (nSPS) is 12.3. The van der Waals surface area contributed by atoms with E-state index in [1.807, 2.05) is 13.0 Å². The zero-order valence-corrected chi connectivity index (χ0v) is 12.7. The van der Waals surface area contributed by atoms with E-state index < -0.39 is 5.82 Å². The summed E-state index contributed by atoms with van der Waals surface area (Å²) in [5.74, 6) is -0.191. The summed E-state index contributed by atoms with van der Waals surface area (Å²) in [6.07, 6.45) is 0. The van der Waals surface area contributed by atoms with Crippen LogP contribution < -0.4 is 10.1 Å². The number of thiophene rings is 1. The number of ether oxygens (including phenoxy) is 1. The molecule has 2 rings (SSSR count). The van der Waals surface area contributed by atoms with E-state index >= 15 is 0 Å². The van der Waals surface area contributed by atoms with Gasteiger partial charge in [-0.15, -0.1) is 11.3 Å². The molecule has 0 spiro atoms. The Hall–Kier alpha value is -0.970. The monoisotopic (exact) mass is 319 g/mol. The summed E-state index contributed by atoms with van der Waals surface area (Å²) in [6.45, 7) is 1.96. The molecule has 0 radical (unpaired) electrons. The molecule has 0 bridgehead atoms. The highest BCUT2D eigenvalue weighted by atomic mass is 35.5. The van der Waals surface area contributed by atoms with E-state index in [-0.39, 0.29) is 11.8 Å². The average Bonchev–Trinajstić information content (AvgIpc) is 2.71. The third kappa shape index (κ3) is 3.32. The van der Waals surface area contributed by atoms with E-state index in [2.05, 4.69) is 5.32 Å². The lowest BCUT2D eigenvalue weighted by molar-refractivity contribution is 0.387. The molecule has 2 nitrogen and oxygen atoms in total. The minimum Gasteiger partial charge on any atom is -0.494 e. The van der Waals surface area contributed by atoms with Gasteiger partial charge in [0.15, 0.2) is 11.6 Å². The highest BCUT2D eigenvalue weighted by Gasteiger charge is 2.14. The van der Waals surface area contributed by atoms with Gasteiger partial charge < -0.3 is 10.1 Å². The summed E-state index contributed by atoms with van der Waals surface area (Å²) in [5.41, 5.74) is 1.67. The zero-order valence-electron chi connectivity index (χ0n) is 10.3. The maximum absolute atomic E-state index is 13.3. The first-order chi connectivity index (χ1) is 9.01. The molecule has 102 valence electrons. The Morgan fingerprint density at radius 1 is 1.32 bits per heavy atom. The number of hydrogen-bond acceptors (Lipinski definition) is 3. The molecule has 2 aromatic rings. The van der Waals surface area contributed by atoms with Gasteiger partial charge in [0.1, 0.15) is 0 Å². The second kappa shape index (κ2) is 5.99. The summed E-state index contributed by atoms with van der Waals surface area (Å²) >= 11 is 13.3. The summed E-state index contributed by atoms with van der Waals surface area (Å²) in [4.78, 5) is 0. The molecule has 0 amide bonds. The van der Waals surface area contributed by atoms with Crippen LogP contribution in [0.15, 0.2) is 24.3 Å². The number of halogens is 3. The Kier molecular flexibility index (Phi) is 4.55. The lowest BCUT2D eigenvalue weighted by atomic mass is 10.1. The van der Waals surface area contributed by atoms with Gasteiger partial charge in [-0.05, 0) is 25.1 Å². The van der Waals surface area contributed by atoms with Gasteiger partial charge in [0.2, 0.25) is 0 Å². The number of benzene rings is 1. The Morgan fingerprint density at radius 3 is 2.63 bits per heavy atom. The van der Waals surface area contributed by atoms with Gasteiger partial charge in [0.25, 0.3) is 0 Å². The summed E-state index contributed by atoms with van der Waals surface area (Å²) < 4.78 is 19.5. The van der Waals surface area contributed by atoms with E-state index in [1.54, 1.807) is 12.1 Å². The molecule has 0 aliphatic carbocycles. The van der Waals surface area contributed by atoms with Crippen molar-refractivity contribution in [2.24, 2.45) is 0 Å². The van der Waals surface area contributed by atoms with Crippen molar-refractivity contribution < 1.29 is 9.13 Å². The second-order valence-electron chi connectivity index (χ2n) is 3.99. The third-order valence-corrected chi connectivity index (χ3v) is 4.20. The molecule has 0 aliphatic rings. The Morgan fingerprint density at radius 2 is 2.05 bits per heavy atom. The fraction of sp³-hybridized carbons (Fsp3) is 0.231. The van der Waals surface area contributed by atoms with Crippen molar-refractivity contribution in [3.8, 4) is 5.75 Å². The molecule has 1 aromatic carbocycles. The van der Waals surface area contributed by atoms with Crippen LogP contribution in [0.5, 0.6) is 5.75 Å². The number of anilines is 1. The second-order valence-corrected chi connectivity index (χ2v) is 6.28. The SMILES string of the molecule is COc1cc(NC(C)c2cc(Cl)sc2Cl)ccc1F. The molecular weight excluding hydrogens is 308 g/mol. The van der Waals surface area contributed by atoms with Gasteiger partial charge in [-0.25, -0.2) is 4.39 Å². The van der Waals surface area contributed by atoms with Crippen LogP contribution in [-0.4, -0.2) is 7.11 Å². The lowest BCUT2D eigenvalue weighted by Crippen LogP contribution is -2.06. The summed E-state index contributed by atoms with van der Waals surface area (Å²) in [6, 6.07) is 6.40. The fourth-order valence-corrected chi connectivity index (χ4v) is 3.37. The van der Waals surface area contributed by atoms with Crippen LogP contribution in [0.25, 0.3) is 0 Å². The van der Waals surface area contributed by atoms with E-state index in [9.17, 15) is 4.39 Å². The van der Waals surface area contributed by atoms with Crippen LogP contribution in [0.1, 0.15) is 18.5 Å². The number of hydrogen-bond donors (Lipinski definition) is 1. The predicted molar refractivity (Wildman–Crippen MR) is 79.3 cm³/mol. The van der Waals surface area contributed by atoms with Crippen LogP contribution in [0.3, 0.4) is 0 Å². The van der Waals surface area contributed by atoms with E-state index in [0.29, 0.717) is 8.67 Å². The fourth-order valence-electron chi connectivity index (χ4n) is 1.73. The van der Waals surface area contributed by atoms with Crippen molar-refractivity contribution in [1.82, 2.24) is 0 Å². The molecular formula is C13H12Cl2FNOS. The maximum atomic E-state index is 13.3. The van der Waals surface area contributed by atoms with Crippen molar-refractivity contribution in [1.29, 1.82) is 0 Å². The first kappa shape index (κ1) is 14.4. The van der Waals surface area contributed by atoms with Crippen molar-refractivity contribution in [2.75, 3.05) is 12.4 Å². The van der Waals surface area contributed by atoms with Crippen molar-refractivity contribution >= 4 is 40.2 Å². The predicted octanol–water partition coefficient (Wildman–Crippen LogP) is 5.38. The molecule has 6 heteroatoms. The molecule has 0 saturated carbocycles. The smallest absolute Gasteiger partial charge is 0.165 e. The van der Waals surface area contributed by atoms with Gasteiger partial charge >= 0.3 is 0 Å². The average molecular weight is 320 g/mol. The highest BCUT2D eigenvalue weighted by molar-refractivity contribution is 7.20. The third-order valence-electron chi connectivity index (χ3n) is 2.68. The summed E-state index contributed by atoms with van der Waals surface area (Å²) in [7, 11) is 1.43. The topological polar surface area (TPSA) is 21.3 Å². The Labute approximate surface area is 125 Å². The molecule has 1 atom stereocenters. The molecule has 0 fully saturated rings. The van der Waals surface area contributed by atoms with Crippen LogP contribution >= 0.6 is 34.5 Å². The highest BCUT2D eigenvalue weighted by Crippen LogP contribution is 2.36. The molecule has 19 heavy (non-hydrogen) atoms. The van der Waals surface area contributed by atoms with Gasteiger partial charge in [0, 0.05) is 17.3 Å². The van der Waals surface area contributed by atoms with Gasteiger partial charge in [-0.3, -0.25) is 0 Å². The number of methoxy groups -OCH3 is 1. The van der Waals surface area contributed by atoms with E-state index in [1.165, 1.54) is 24.5 Å². The zero-order chi connectivity index (χ0) is 14.0. The first-order valence-electron chi connectivity index (χ1n) is 5.56. The van der Waals surface area contributed by atoms with Crippen LogP contribution in [0.4, 0.5) is 10.1 Å². The van der Waals surface area contributed by atoms with Crippen molar-refractivity contribution in [2.45, 2.75) is 13.0 Å². The molecule has 1 unspecified atom stereocenters. The molecule has 0 aliphatic heterocycles. The minimum atomic E-state index is -0.391. The quantitative estimate of drug-likeness (QED) is 0.817. The van der Waals surface area contributed by atoms with E-state index in [4.69, 9.17) is 27.9 Å². The van der Waals surface area contributed by atoms with E-state index in [0.717, 1.165) is 11.3 Å². The molecule has 0 saturated heterocycles. The molecule has 1 N–H and O–H groups in total. The van der Waals surface area contributed by atoms with Crippen molar-refractivity contribution in [3.05, 3.63) is 44.3 Å². The summed E-state index contributed by atoms with van der Waals surface area (Å²) in [5, 5.41) is 3.23. The van der Waals surface area contributed by atoms with Gasteiger partial charge in [0.05, 0.1) is 21.8 Å². The van der Waals surface area contributed by atoms with Crippen LogP contribution in [0, 0.1) is 5.82 Å². The first-order valence-corrected chi connectivity index (χ1v) is 7.13. The van der Waals surface area contributed by atoms with Gasteiger partial charge in [-0.2, -0.15) is 0 Å². The maximum Gasteiger partial charge on any atom is 0.165 e. The Bertz CT molecular complexity index is 588. The van der Waals surface area contributed by atoms with Crippen LogP contribution in [-0.2, 0) is 0 Å². The number of rotatable bonds is 4. The largest absolute Gasteiger partial charge is 0.494 e. The molecule has 1 heterocycles. The minimum absolute atomic E-state index is 0.0357. The standard InChI is InChI=1S/C13H12Cl2FNOS/c1-7(9-6-12(14)19-13(9)15)17-8-3-4-10(16)11(5-8)18-2/h3-7,17H,1-2H3. The number of nitrogens with one attached hydrogen (secondary N) is 1. The van der Waals surface area contributed by atoms with Crippen LogP contribution in [0.2, 0.25) is 8.67 Å². The van der Waals surface area contributed by atoms with Crippen molar-refractivity contribution in [3.63, 3.8) is 0 Å². The van der Waals surface area contributed by atoms with Gasteiger partial charge in [-0.1, -0.05) is 23.2 Å². The lowest BCUT2D eigenvalue weighted by Gasteiger charge is -2.15. The Balaban J connectivity index is 2.19. The molecule has 1 aromatic heterocycles.